The molecule has 100 valence electrons. The number of amides is 1. The van der Waals surface area contributed by atoms with Crippen LogP contribution in [0.25, 0.3) is 0 Å². The van der Waals surface area contributed by atoms with E-state index in [4.69, 9.17) is 11.6 Å². The van der Waals surface area contributed by atoms with Crippen molar-refractivity contribution in [3.8, 4) is 0 Å². The average molecular weight is 297 g/mol. The Bertz CT molecular complexity index is 546. The zero-order valence-corrected chi connectivity index (χ0v) is 11.8. The van der Waals surface area contributed by atoms with Crippen LogP contribution in [0.15, 0.2) is 35.7 Å². The number of halogens is 1. The van der Waals surface area contributed by atoms with Crippen LogP contribution in [-0.4, -0.2) is 26.8 Å². The molecule has 1 amide bonds. The van der Waals surface area contributed by atoms with Gasteiger partial charge in [0.1, 0.15) is 6.33 Å². The number of H-pyrrole nitrogens is 1. The van der Waals surface area contributed by atoms with Crippen LogP contribution in [0.4, 0.5) is 0 Å². The van der Waals surface area contributed by atoms with Gasteiger partial charge in [0.05, 0.1) is 11.8 Å². The van der Waals surface area contributed by atoms with Crippen molar-refractivity contribution < 1.29 is 4.79 Å². The molecule has 5 nitrogen and oxygen atoms in total. The maximum Gasteiger partial charge on any atom is 0.230 e. The van der Waals surface area contributed by atoms with E-state index < -0.39 is 0 Å². The van der Waals surface area contributed by atoms with E-state index in [9.17, 15) is 4.79 Å². The molecule has 1 aromatic carbocycles. The van der Waals surface area contributed by atoms with Gasteiger partial charge in [0.2, 0.25) is 5.91 Å². The van der Waals surface area contributed by atoms with E-state index in [-0.39, 0.29) is 17.7 Å². The monoisotopic (exact) mass is 296 g/mol. The summed E-state index contributed by atoms with van der Waals surface area (Å²) in [4.78, 5) is 15.7. The summed E-state index contributed by atoms with van der Waals surface area (Å²) in [7, 11) is 0. The summed E-state index contributed by atoms with van der Waals surface area (Å²) in [5.41, 5.74) is 0.905. The Morgan fingerprint density at radius 2 is 2.32 bits per heavy atom. The molecule has 2 aromatic rings. The van der Waals surface area contributed by atoms with Gasteiger partial charge in [0.15, 0.2) is 5.16 Å². The number of benzene rings is 1. The van der Waals surface area contributed by atoms with Crippen LogP contribution in [0.1, 0.15) is 18.5 Å². The first-order valence-electron chi connectivity index (χ1n) is 5.69. The molecule has 19 heavy (non-hydrogen) atoms. The summed E-state index contributed by atoms with van der Waals surface area (Å²) in [5.74, 6) is 0.207. The molecule has 0 saturated heterocycles. The van der Waals surface area contributed by atoms with Crippen LogP contribution < -0.4 is 5.32 Å². The molecule has 0 aliphatic heterocycles. The minimum absolute atomic E-state index is 0.0752. The molecule has 0 aliphatic rings. The molecule has 0 fully saturated rings. The van der Waals surface area contributed by atoms with Gasteiger partial charge in [-0.1, -0.05) is 41.6 Å². The first-order valence-corrected chi connectivity index (χ1v) is 7.05. The van der Waals surface area contributed by atoms with Crippen LogP contribution in [0.5, 0.6) is 0 Å². The highest BCUT2D eigenvalue weighted by Crippen LogP contribution is 2.22. The van der Waals surface area contributed by atoms with Gasteiger partial charge in [0, 0.05) is 5.02 Å². The number of rotatable bonds is 5. The SMILES string of the molecule is C[C@@H](NC(=O)CSc1ncn[nH]1)c1ccccc1Cl. The van der Waals surface area contributed by atoms with Crippen molar-refractivity contribution in [3.63, 3.8) is 0 Å². The fourth-order valence-electron chi connectivity index (χ4n) is 1.58. The van der Waals surface area contributed by atoms with E-state index in [2.05, 4.69) is 20.5 Å². The Labute approximate surface area is 120 Å². The van der Waals surface area contributed by atoms with Crippen molar-refractivity contribution in [3.05, 3.63) is 41.2 Å². The number of aromatic amines is 1. The molecule has 1 aromatic heterocycles. The minimum atomic E-state index is -0.128. The summed E-state index contributed by atoms with van der Waals surface area (Å²) < 4.78 is 0. The number of hydrogen-bond donors (Lipinski definition) is 2. The predicted octanol–water partition coefficient (Wildman–Crippen LogP) is 2.43. The van der Waals surface area contributed by atoms with Crippen molar-refractivity contribution in [2.24, 2.45) is 0 Å². The molecule has 0 unspecified atom stereocenters. The fourth-order valence-corrected chi connectivity index (χ4v) is 2.47. The number of aromatic nitrogens is 3. The Morgan fingerprint density at radius 1 is 1.53 bits per heavy atom. The maximum atomic E-state index is 11.8. The Hall–Kier alpha value is -1.53. The first-order chi connectivity index (χ1) is 9.16. The van der Waals surface area contributed by atoms with Crippen LogP contribution in [0, 0.1) is 0 Å². The van der Waals surface area contributed by atoms with E-state index in [1.165, 1.54) is 18.1 Å². The lowest BCUT2D eigenvalue weighted by Crippen LogP contribution is -2.28. The first kappa shape index (κ1) is 13.9. The minimum Gasteiger partial charge on any atom is -0.349 e. The van der Waals surface area contributed by atoms with Gasteiger partial charge in [-0.05, 0) is 18.6 Å². The lowest BCUT2D eigenvalue weighted by Gasteiger charge is -2.15. The van der Waals surface area contributed by atoms with Crippen molar-refractivity contribution in [1.29, 1.82) is 0 Å². The topological polar surface area (TPSA) is 70.7 Å². The third-order valence-corrected chi connectivity index (χ3v) is 3.70. The van der Waals surface area contributed by atoms with Crippen molar-refractivity contribution in [2.45, 2.75) is 18.1 Å². The van der Waals surface area contributed by atoms with Crippen molar-refractivity contribution in [1.82, 2.24) is 20.5 Å². The van der Waals surface area contributed by atoms with Gasteiger partial charge >= 0.3 is 0 Å². The number of nitrogens with zero attached hydrogens (tertiary/aromatic N) is 2. The molecule has 0 spiro atoms. The lowest BCUT2D eigenvalue weighted by atomic mass is 10.1. The van der Waals surface area contributed by atoms with Gasteiger partial charge in [-0.3, -0.25) is 9.89 Å². The third kappa shape index (κ3) is 3.97. The lowest BCUT2D eigenvalue weighted by molar-refractivity contribution is -0.119. The van der Waals surface area contributed by atoms with Gasteiger partial charge in [0.25, 0.3) is 0 Å². The van der Waals surface area contributed by atoms with E-state index in [0.29, 0.717) is 10.2 Å². The Kier molecular flexibility index (Phi) is 4.81. The second-order valence-electron chi connectivity index (χ2n) is 3.89. The Balaban J connectivity index is 1.87. The van der Waals surface area contributed by atoms with Gasteiger partial charge < -0.3 is 5.32 Å². The second kappa shape index (κ2) is 6.58. The second-order valence-corrected chi connectivity index (χ2v) is 5.26. The molecule has 0 saturated carbocycles. The van der Waals surface area contributed by atoms with Crippen LogP contribution in [0.3, 0.4) is 0 Å². The molecule has 2 rings (SSSR count). The average Bonchev–Trinajstić information content (AvgIpc) is 2.90. The molecular formula is C12H13ClN4OS. The van der Waals surface area contributed by atoms with E-state index >= 15 is 0 Å². The summed E-state index contributed by atoms with van der Waals surface area (Å²) in [6, 6.07) is 7.34. The summed E-state index contributed by atoms with van der Waals surface area (Å²) >= 11 is 7.38. The number of nitrogens with one attached hydrogen (secondary N) is 2. The summed E-state index contributed by atoms with van der Waals surface area (Å²) in [6.07, 6.45) is 1.41. The van der Waals surface area contributed by atoms with E-state index in [1.807, 2.05) is 31.2 Å². The molecule has 0 aliphatic carbocycles. The number of carbonyl (C=O) groups is 1. The van der Waals surface area contributed by atoms with Crippen LogP contribution in [0.2, 0.25) is 5.02 Å². The van der Waals surface area contributed by atoms with Crippen LogP contribution >= 0.6 is 23.4 Å². The number of thioether (sulfide) groups is 1. The zero-order chi connectivity index (χ0) is 13.7. The van der Waals surface area contributed by atoms with Gasteiger partial charge in [-0.15, -0.1) is 0 Å². The maximum absolute atomic E-state index is 11.8. The molecule has 1 heterocycles. The highest BCUT2D eigenvalue weighted by Gasteiger charge is 2.12. The fraction of sp³-hybridized carbons (Fsp3) is 0.250. The standard InChI is InChI=1S/C12H13ClN4OS/c1-8(9-4-2-3-5-10(9)13)16-11(18)6-19-12-14-7-15-17-12/h2-5,7-8H,6H2,1H3,(H,16,18)(H,14,15,17)/t8-/m1/s1. The predicted molar refractivity (Wildman–Crippen MR) is 75.1 cm³/mol. The summed E-state index contributed by atoms with van der Waals surface area (Å²) in [5, 5.41) is 10.6. The van der Waals surface area contributed by atoms with Gasteiger partial charge in [-0.25, -0.2) is 4.98 Å². The van der Waals surface area contributed by atoms with Crippen molar-refractivity contribution >= 4 is 29.3 Å². The highest BCUT2D eigenvalue weighted by molar-refractivity contribution is 7.99. The third-order valence-electron chi connectivity index (χ3n) is 2.48. The molecule has 7 heteroatoms. The molecule has 0 radical (unpaired) electrons. The number of hydrogen-bond acceptors (Lipinski definition) is 4. The smallest absolute Gasteiger partial charge is 0.230 e. The number of carbonyl (C=O) groups excluding carboxylic acids is 1. The molecular weight excluding hydrogens is 284 g/mol. The highest BCUT2D eigenvalue weighted by atomic mass is 35.5. The van der Waals surface area contributed by atoms with E-state index in [0.717, 1.165) is 5.56 Å². The Morgan fingerprint density at radius 3 is 3.00 bits per heavy atom. The van der Waals surface area contributed by atoms with Crippen molar-refractivity contribution in [2.75, 3.05) is 5.75 Å². The molecule has 0 bridgehead atoms. The molecule has 1 atom stereocenters. The zero-order valence-electron chi connectivity index (χ0n) is 10.3. The van der Waals surface area contributed by atoms with Gasteiger partial charge in [-0.2, -0.15) is 5.10 Å². The summed E-state index contributed by atoms with van der Waals surface area (Å²) in [6.45, 7) is 1.90. The van der Waals surface area contributed by atoms with Crippen LogP contribution in [-0.2, 0) is 4.79 Å². The largest absolute Gasteiger partial charge is 0.349 e. The normalized spacial score (nSPS) is 12.1. The molecule has 2 N–H and O–H groups in total. The van der Waals surface area contributed by atoms with E-state index in [1.54, 1.807) is 0 Å². The quantitative estimate of drug-likeness (QED) is 0.831.